The highest BCUT2D eigenvalue weighted by Crippen LogP contribution is 2.29. The number of amides is 1. The minimum absolute atomic E-state index is 0.0168. The van der Waals surface area contributed by atoms with Crippen molar-refractivity contribution in [3.05, 3.63) is 64.2 Å². The van der Waals surface area contributed by atoms with Crippen LogP contribution in [0.2, 0.25) is 0 Å². The number of para-hydroxylation sites is 2. The highest BCUT2D eigenvalue weighted by molar-refractivity contribution is 5.80. The van der Waals surface area contributed by atoms with E-state index >= 15 is 0 Å². The second kappa shape index (κ2) is 9.16. The van der Waals surface area contributed by atoms with Gasteiger partial charge in [-0.15, -0.1) is 0 Å². The molecule has 2 aliphatic heterocycles. The molecule has 0 unspecified atom stereocenters. The van der Waals surface area contributed by atoms with Crippen molar-refractivity contribution >= 4 is 29.3 Å². The molecule has 4 rings (SSSR count). The van der Waals surface area contributed by atoms with E-state index in [2.05, 4.69) is 4.90 Å². The maximum Gasteiger partial charge on any atom is 0.292 e. The maximum atomic E-state index is 13.0. The number of benzene rings is 2. The Balaban J connectivity index is 1.30. The molecule has 162 valence electrons. The van der Waals surface area contributed by atoms with Crippen molar-refractivity contribution in [3.63, 3.8) is 0 Å². The highest BCUT2D eigenvalue weighted by Gasteiger charge is 2.31. The van der Waals surface area contributed by atoms with Crippen LogP contribution >= 0.6 is 0 Å². The molecular formula is C23H26N4O4. The third-order valence-electron chi connectivity index (χ3n) is 6.25. The zero-order valence-electron chi connectivity index (χ0n) is 17.4. The van der Waals surface area contributed by atoms with Gasteiger partial charge < -0.3 is 14.7 Å². The van der Waals surface area contributed by atoms with Crippen LogP contribution in [-0.4, -0.2) is 61.3 Å². The molecule has 8 nitrogen and oxygen atoms in total. The van der Waals surface area contributed by atoms with Gasteiger partial charge in [-0.1, -0.05) is 12.1 Å². The zero-order valence-corrected chi connectivity index (χ0v) is 17.4. The molecule has 2 heterocycles. The Kier molecular flexibility index (Phi) is 6.16. The van der Waals surface area contributed by atoms with Crippen molar-refractivity contribution < 1.29 is 14.5 Å². The fourth-order valence-corrected chi connectivity index (χ4v) is 4.46. The molecule has 0 bridgehead atoms. The molecule has 0 radical (unpaired) electrons. The third-order valence-corrected chi connectivity index (χ3v) is 6.25. The fraction of sp³-hybridized carbons (Fsp3) is 0.391. The molecule has 0 N–H and O–H groups in total. The van der Waals surface area contributed by atoms with Crippen molar-refractivity contribution in [2.75, 3.05) is 49.1 Å². The van der Waals surface area contributed by atoms with Crippen LogP contribution in [0.4, 0.5) is 17.1 Å². The Hall–Kier alpha value is -3.42. The van der Waals surface area contributed by atoms with Crippen molar-refractivity contribution in [1.29, 1.82) is 0 Å². The number of carbonyl (C=O) groups is 2. The lowest BCUT2D eigenvalue weighted by Gasteiger charge is -2.39. The number of anilines is 2. The molecule has 0 spiro atoms. The van der Waals surface area contributed by atoms with Crippen LogP contribution in [0.25, 0.3) is 0 Å². The molecule has 0 aromatic heterocycles. The van der Waals surface area contributed by atoms with Gasteiger partial charge in [-0.3, -0.25) is 19.7 Å². The van der Waals surface area contributed by atoms with E-state index in [0.717, 1.165) is 37.9 Å². The zero-order chi connectivity index (χ0) is 21.8. The number of piperidine rings is 1. The Morgan fingerprint density at radius 3 is 2.16 bits per heavy atom. The standard InChI is InChI=1S/C23H26N4O4/c28-17-18-5-7-20(8-6-18)24-11-9-19(10-12-24)23(29)26-15-13-25(14-16-26)21-3-1-2-4-22(21)27(30)31/h1-8,17,19H,9-16H2. The van der Waals surface area contributed by atoms with Crippen molar-refractivity contribution in [2.45, 2.75) is 12.8 Å². The van der Waals surface area contributed by atoms with Crippen molar-refractivity contribution in [2.24, 2.45) is 5.92 Å². The average molecular weight is 422 g/mol. The van der Waals surface area contributed by atoms with Gasteiger partial charge in [0, 0.05) is 62.5 Å². The van der Waals surface area contributed by atoms with E-state index < -0.39 is 0 Å². The number of hydrogen-bond acceptors (Lipinski definition) is 6. The van der Waals surface area contributed by atoms with Gasteiger partial charge in [0.25, 0.3) is 5.69 Å². The smallest absolute Gasteiger partial charge is 0.292 e. The van der Waals surface area contributed by atoms with Gasteiger partial charge in [0.05, 0.1) is 4.92 Å². The number of nitro groups is 1. The Bertz CT molecular complexity index is 946. The van der Waals surface area contributed by atoms with Gasteiger partial charge in [0.2, 0.25) is 5.91 Å². The summed E-state index contributed by atoms with van der Waals surface area (Å²) in [5, 5.41) is 11.3. The van der Waals surface area contributed by atoms with E-state index in [4.69, 9.17) is 0 Å². The minimum Gasteiger partial charge on any atom is -0.371 e. The second-order valence-corrected chi connectivity index (χ2v) is 8.03. The summed E-state index contributed by atoms with van der Waals surface area (Å²) in [7, 11) is 0. The summed E-state index contributed by atoms with van der Waals surface area (Å²) in [6.07, 6.45) is 2.45. The summed E-state index contributed by atoms with van der Waals surface area (Å²) in [6.45, 7) is 3.98. The predicted molar refractivity (Wildman–Crippen MR) is 119 cm³/mol. The minimum atomic E-state index is -0.354. The van der Waals surface area contributed by atoms with Gasteiger partial charge >= 0.3 is 0 Å². The first-order valence-corrected chi connectivity index (χ1v) is 10.6. The van der Waals surface area contributed by atoms with Gasteiger partial charge in [-0.25, -0.2) is 0 Å². The fourth-order valence-electron chi connectivity index (χ4n) is 4.46. The summed E-state index contributed by atoms with van der Waals surface area (Å²) < 4.78 is 0. The Morgan fingerprint density at radius 2 is 1.55 bits per heavy atom. The largest absolute Gasteiger partial charge is 0.371 e. The van der Waals surface area contributed by atoms with Crippen LogP contribution < -0.4 is 9.80 Å². The van der Waals surface area contributed by atoms with Gasteiger partial charge in [0.1, 0.15) is 12.0 Å². The van der Waals surface area contributed by atoms with E-state index in [0.29, 0.717) is 37.4 Å². The molecule has 1 amide bonds. The van der Waals surface area contributed by atoms with Crippen LogP contribution in [0.15, 0.2) is 48.5 Å². The van der Waals surface area contributed by atoms with Crippen molar-refractivity contribution in [1.82, 2.24) is 4.90 Å². The summed E-state index contributed by atoms with van der Waals surface area (Å²) in [5.41, 5.74) is 2.47. The predicted octanol–water partition coefficient (Wildman–Crippen LogP) is 2.97. The topological polar surface area (TPSA) is 87.0 Å². The quantitative estimate of drug-likeness (QED) is 0.418. The molecular weight excluding hydrogens is 396 g/mol. The van der Waals surface area contributed by atoms with Crippen LogP contribution in [0.3, 0.4) is 0 Å². The van der Waals surface area contributed by atoms with Crippen LogP contribution in [-0.2, 0) is 4.79 Å². The van der Waals surface area contributed by atoms with Crippen LogP contribution in [0.1, 0.15) is 23.2 Å². The van der Waals surface area contributed by atoms with E-state index in [-0.39, 0.29) is 22.4 Å². The van der Waals surface area contributed by atoms with Crippen LogP contribution in [0, 0.1) is 16.0 Å². The number of aldehydes is 1. The number of nitro benzene ring substituents is 1. The van der Waals surface area contributed by atoms with E-state index in [9.17, 15) is 19.7 Å². The monoisotopic (exact) mass is 422 g/mol. The first-order chi connectivity index (χ1) is 15.1. The lowest BCUT2D eigenvalue weighted by Crippen LogP contribution is -2.51. The molecule has 2 aromatic rings. The number of rotatable bonds is 5. The molecule has 2 aromatic carbocycles. The second-order valence-electron chi connectivity index (χ2n) is 8.03. The normalized spacial score (nSPS) is 17.5. The highest BCUT2D eigenvalue weighted by atomic mass is 16.6. The lowest BCUT2D eigenvalue weighted by molar-refractivity contribution is -0.384. The third kappa shape index (κ3) is 4.52. The first-order valence-electron chi connectivity index (χ1n) is 10.6. The summed E-state index contributed by atoms with van der Waals surface area (Å²) >= 11 is 0. The number of hydrogen-bond donors (Lipinski definition) is 0. The SMILES string of the molecule is O=Cc1ccc(N2CCC(C(=O)N3CCN(c4ccccc4[N+](=O)[O-])CC3)CC2)cc1. The van der Waals surface area contributed by atoms with E-state index in [1.54, 1.807) is 18.2 Å². The molecule has 2 fully saturated rings. The summed E-state index contributed by atoms with van der Waals surface area (Å²) in [6, 6.07) is 14.3. The Morgan fingerprint density at radius 1 is 0.903 bits per heavy atom. The summed E-state index contributed by atoms with van der Waals surface area (Å²) in [5.74, 6) is 0.210. The molecule has 8 heteroatoms. The molecule has 2 saturated heterocycles. The van der Waals surface area contributed by atoms with Crippen LogP contribution in [0.5, 0.6) is 0 Å². The number of nitrogens with zero attached hydrogens (tertiary/aromatic N) is 4. The lowest BCUT2D eigenvalue weighted by atomic mass is 9.94. The van der Waals surface area contributed by atoms with E-state index in [1.807, 2.05) is 34.1 Å². The van der Waals surface area contributed by atoms with Crippen molar-refractivity contribution in [3.8, 4) is 0 Å². The molecule has 0 aliphatic carbocycles. The molecule has 31 heavy (non-hydrogen) atoms. The van der Waals surface area contributed by atoms with E-state index in [1.165, 1.54) is 6.07 Å². The number of piperazine rings is 1. The van der Waals surface area contributed by atoms with Gasteiger partial charge in [0.15, 0.2) is 0 Å². The maximum absolute atomic E-state index is 13.0. The summed E-state index contributed by atoms with van der Waals surface area (Å²) in [4.78, 5) is 41.0. The Labute approximate surface area is 181 Å². The van der Waals surface area contributed by atoms with Gasteiger partial charge in [-0.2, -0.15) is 0 Å². The average Bonchev–Trinajstić information content (AvgIpc) is 2.84. The molecule has 0 atom stereocenters. The molecule has 0 saturated carbocycles. The molecule has 2 aliphatic rings. The van der Waals surface area contributed by atoms with Gasteiger partial charge in [-0.05, 0) is 43.2 Å². The first kappa shape index (κ1) is 20.8. The number of carbonyl (C=O) groups excluding carboxylic acids is 2.